The molecule has 1 aromatic carbocycles. The molecule has 118 valence electrons. The van der Waals surface area contributed by atoms with Gasteiger partial charge in [0.15, 0.2) is 0 Å². The summed E-state index contributed by atoms with van der Waals surface area (Å²) in [5, 5.41) is 27.7. The largest absolute Gasteiger partial charge is 0.480 e. The number of hydrogen-bond acceptors (Lipinski definition) is 6. The van der Waals surface area contributed by atoms with Crippen LogP contribution in [-0.4, -0.2) is 51.2 Å². The number of amides is 1. The number of ether oxygens (including phenoxy) is 1. The van der Waals surface area contributed by atoms with Crippen LogP contribution in [0.25, 0.3) is 0 Å². The Labute approximate surface area is 123 Å². The van der Waals surface area contributed by atoms with Crippen molar-refractivity contribution in [2.75, 3.05) is 13.1 Å². The predicted octanol–water partition coefficient (Wildman–Crippen LogP) is 0.703. The number of hydrogen-bond donors (Lipinski definition) is 2. The standard InChI is InChI=1S/C12H12N2O8/c15-10(16)5-13(6-11(17)18)12(19)22-7-8-1-3-9(4-2-8)14(20)21/h1-4H,5-7H2,(H,15,16)(H,17,18). The summed E-state index contributed by atoms with van der Waals surface area (Å²) >= 11 is 0. The van der Waals surface area contributed by atoms with E-state index in [1.807, 2.05) is 0 Å². The van der Waals surface area contributed by atoms with Gasteiger partial charge in [-0.05, 0) is 17.7 Å². The second-order valence-corrected chi connectivity index (χ2v) is 4.12. The van der Waals surface area contributed by atoms with Gasteiger partial charge in [0.25, 0.3) is 5.69 Å². The highest BCUT2D eigenvalue weighted by Gasteiger charge is 2.21. The Morgan fingerprint density at radius 2 is 1.59 bits per heavy atom. The molecule has 22 heavy (non-hydrogen) atoms. The fraction of sp³-hybridized carbons (Fsp3) is 0.250. The van der Waals surface area contributed by atoms with Crippen LogP contribution < -0.4 is 0 Å². The first-order valence-electron chi connectivity index (χ1n) is 5.88. The highest BCUT2D eigenvalue weighted by molar-refractivity contribution is 5.81. The SMILES string of the molecule is O=C(O)CN(CC(=O)O)C(=O)OCc1ccc([N+](=O)[O-])cc1. The Morgan fingerprint density at radius 1 is 1.09 bits per heavy atom. The van der Waals surface area contributed by atoms with Crippen molar-refractivity contribution >= 4 is 23.7 Å². The monoisotopic (exact) mass is 312 g/mol. The van der Waals surface area contributed by atoms with Crippen molar-refractivity contribution in [2.45, 2.75) is 6.61 Å². The van der Waals surface area contributed by atoms with E-state index in [2.05, 4.69) is 0 Å². The fourth-order valence-electron chi connectivity index (χ4n) is 1.46. The van der Waals surface area contributed by atoms with Crippen molar-refractivity contribution in [3.63, 3.8) is 0 Å². The zero-order valence-electron chi connectivity index (χ0n) is 11.2. The topological polar surface area (TPSA) is 147 Å². The third-order valence-corrected chi connectivity index (χ3v) is 2.42. The van der Waals surface area contributed by atoms with Crippen molar-refractivity contribution in [3.8, 4) is 0 Å². The summed E-state index contributed by atoms with van der Waals surface area (Å²) in [5.41, 5.74) is 0.304. The van der Waals surface area contributed by atoms with Crippen LogP contribution in [0.5, 0.6) is 0 Å². The molecule has 2 N–H and O–H groups in total. The van der Waals surface area contributed by atoms with Gasteiger partial charge in [0.1, 0.15) is 19.7 Å². The van der Waals surface area contributed by atoms with Crippen LogP contribution in [0.4, 0.5) is 10.5 Å². The Morgan fingerprint density at radius 3 is 2.00 bits per heavy atom. The first-order valence-corrected chi connectivity index (χ1v) is 5.88. The Bertz CT molecular complexity index is 567. The number of benzene rings is 1. The molecule has 0 atom stereocenters. The van der Waals surface area contributed by atoms with E-state index in [0.29, 0.717) is 10.5 Å². The summed E-state index contributed by atoms with van der Waals surface area (Å²) in [4.78, 5) is 43.2. The molecule has 10 nitrogen and oxygen atoms in total. The number of nitrogens with zero attached hydrogens (tertiary/aromatic N) is 2. The molecule has 1 rings (SSSR count). The van der Waals surface area contributed by atoms with Crippen LogP contribution in [0.2, 0.25) is 0 Å². The minimum atomic E-state index is -1.38. The maximum atomic E-state index is 11.6. The van der Waals surface area contributed by atoms with Crippen LogP contribution in [0.1, 0.15) is 5.56 Å². The molecule has 0 aliphatic carbocycles. The lowest BCUT2D eigenvalue weighted by atomic mass is 10.2. The van der Waals surface area contributed by atoms with Crippen LogP contribution in [0, 0.1) is 10.1 Å². The maximum absolute atomic E-state index is 11.6. The first kappa shape index (κ1) is 16.9. The molecule has 0 unspecified atom stereocenters. The predicted molar refractivity (Wildman–Crippen MR) is 70.1 cm³/mol. The summed E-state index contributed by atoms with van der Waals surface area (Å²) in [7, 11) is 0. The van der Waals surface area contributed by atoms with E-state index in [4.69, 9.17) is 14.9 Å². The quantitative estimate of drug-likeness (QED) is 0.552. The lowest BCUT2D eigenvalue weighted by molar-refractivity contribution is -0.384. The van der Waals surface area contributed by atoms with E-state index in [1.54, 1.807) is 0 Å². The van der Waals surface area contributed by atoms with Crippen LogP contribution in [0.3, 0.4) is 0 Å². The summed E-state index contributed by atoms with van der Waals surface area (Å²) in [6.45, 7) is -1.90. The second kappa shape index (κ2) is 7.57. The third-order valence-electron chi connectivity index (χ3n) is 2.42. The van der Waals surface area contributed by atoms with Gasteiger partial charge in [-0.3, -0.25) is 24.6 Å². The molecule has 0 spiro atoms. The van der Waals surface area contributed by atoms with E-state index in [1.165, 1.54) is 24.3 Å². The third kappa shape index (κ3) is 5.45. The Balaban J connectivity index is 2.63. The fourth-order valence-corrected chi connectivity index (χ4v) is 1.46. The number of aliphatic carboxylic acids is 2. The number of carbonyl (C=O) groups excluding carboxylic acids is 1. The van der Waals surface area contributed by atoms with Crippen molar-refractivity contribution in [1.29, 1.82) is 0 Å². The zero-order valence-corrected chi connectivity index (χ0v) is 11.2. The second-order valence-electron chi connectivity index (χ2n) is 4.12. The number of nitro groups is 1. The molecule has 1 aromatic rings. The van der Waals surface area contributed by atoms with E-state index < -0.39 is 36.0 Å². The van der Waals surface area contributed by atoms with Gasteiger partial charge in [0, 0.05) is 12.1 Å². The van der Waals surface area contributed by atoms with Gasteiger partial charge in [-0.2, -0.15) is 0 Å². The van der Waals surface area contributed by atoms with Crippen molar-refractivity contribution in [1.82, 2.24) is 4.90 Å². The molecule has 0 fully saturated rings. The normalized spacial score (nSPS) is 9.82. The highest BCUT2D eigenvalue weighted by atomic mass is 16.6. The lowest BCUT2D eigenvalue weighted by Gasteiger charge is -2.17. The number of carbonyl (C=O) groups is 3. The minimum absolute atomic E-state index is 0.131. The lowest BCUT2D eigenvalue weighted by Crippen LogP contribution is -2.39. The summed E-state index contributed by atoms with van der Waals surface area (Å²) in [6.07, 6.45) is -1.11. The smallest absolute Gasteiger partial charge is 0.411 e. The van der Waals surface area contributed by atoms with Gasteiger partial charge < -0.3 is 14.9 Å². The van der Waals surface area contributed by atoms with Crippen LogP contribution in [0.15, 0.2) is 24.3 Å². The maximum Gasteiger partial charge on any atom is 0.411 e. The molecule has 0 saturated heterocycles. The minimum Gasteiger partial charge on any atom is -0.480 e. The number of carboxylic acids is 2. The van der Waals surface area contributed by atoms with Crippen molar-refractivity contribution in [2.24, 2.45) is 0 Å². The van der Waals surface area contributed by atoms with Crippen LogP contribution >= 0.6 is 0 Å². The van der Waals surface area contributed by atoms with Gasteiger partial charge >= 0.3 is 18.0 Å². The van der Waals surface area contributed by atoms with E-state index >= 15 is 0 Å². The molecular weight excluding hydrogens is 300 g/mol. The molecule has 0 aliphatic rings. The number of carboxylic acid groups (broad SMARTS) is 2. The number of nitro benzene ring substituents is 1. The van der Waals surface area contributed by atoms with E-state index in [0.717, 1.165) is 0 Å². The zero-order chi connectivity index (χ0) is 16.7. The van der Waals surface area contributed by atoms with Crippen molar-refractivity contribution in [3.05, 3.63) is 39.9 Å². The average Bonchev–Trinajstić information content (AvgIpc) is 2.43. The molecule has 0 heterocycles. The molecule has 0 aliphatic heterocycles. The van der Waals surface area contributed by atoms with Crippen LogP contribution in [-0.2, 0) is 20.9 Å². The molecule has 1 amide bonds. The molecule has 0 bridgehead atoms. The summed E-state index contributed by atoms with van der Waals surface area (Å²) in [6, 6.07) is 5.17. The van der Waals surface area contributed by atoms with Gasteiger partial charge in [-0.25, -0.2) is 4.79 Å². The average molecular weight is 312 g/mol. The molecular formula is C12H12N2O8. The molecule has 10 heteroatoms. The molecule has 0 saturated carbocycles. The van der Waals surface area contributed by atoms with E-state index in [-0.39, 0.29) is 12.3 Å². The Kier molecular flexibility index (Phi) is 5.81. The highest BCUT2D eigenvalue weighted by Crippen LogP contribution is 2.12. The Hall–Kier alpha value is -3.17. The van der Waals surface area contributed by atoms with Gasteiger partial charge in [-0.15, -0.1) is 0 Å². The van der Waals surface area contributed by atoms with E-state index in [9.17, 15) is 24.5 Å². The molecule has 0 radical (unpaired) electrons. The van der Waals surface area contributed by atoms with Gasteiger partial charge in [-0.1, -0.05) is 0 Å². The molecule has 0 aromatic heterocycles. The van der Waals surface area contributed by atoms with Gasteiger partial charge in [0.2, 0.25) is 0 Å². The number of non-ortho nitro benzene ring substituents is 1. The first-order chi connectivity index (χ1) is 10.3. The van der Waals surface area contributed by atoms with Crippen molar-refractivity contribution < 1.29 is 34.3 Å². The van der Waals surface area contributed by atoms with Gasteiger partial charge in [0.05, 0.1) is 4.92 Å². The summed E-state index contributed by atoms with van der Waals surface area (Å²) < 4.78 is 4.78. The number of rotatable bonds is 7. The summed E-state index contributed by atoms with van der Waals surface area (Å²) in [5.74, 6) is -2.76.